The smallest absolute Gasteiger partial charge is 0.0962 e. The van der Waals surface area contributed by atoms with Crippen LogP contribution >= 0.6 is 0 Å². The Morgan fingerprint density at radius 3 is 2.56 bits per heavy atom. The number of likely N-dealkylation sites (tertiary alicyclic amines) is 1. The number of hydrogen-bond acceptors (Lipinski definition) is 2. The van der Waals surface area contributed by atoms with Crippen molar-refractivity contribution in [2.45, 2.75) is 32.2 Å². The zero-order valence-electron chi connectivity index (χ0n) is 14.5. The number of H-pyrrole nitrogens is 1. The van der Waals surface area contributed by atoms with Gasteiger partial charge in [0.25, 0.3) is 0 Å². The molecule has 2 heterocycles. The van der Waals surface area contributed by atoms with E-state index in [-0.39, 0.29) is 0 Å². The first-order valence-electron chi connectivity index (χ1n) is 9.36. The molecule has 5 rings (SSSR count). The van der Waals surface area contributed by atoms with E-state index in [4.69, 9.17) is 0 Å². The number of nitrogens with one attached hydrogen (secondary N) is 1. The second-order valence-corrected chi connectivity index (χ2v) is 7.29. The molecule has 3 aromatic rings. The van der Waals surface area contributed by atoms with Crippen LogP contribution in [0.4, 0.5) is 0 Å². The van der Waals surface area contributed by atoms with Gasteiger partial charge in [0.1, 0.15) is 0 Å². The van der Waals surface area contributed by atoms with Crippen LogP contribution < -0.4 is 0 Å². The molecule has 0 radical (unpaired) electrons. The van der Waals surface area contributed by atoms with E-state index >= 15 is 0 Å². The molecule has 0 atom stereocenters. The number of piperidine rings is 1. The largest absolute Gasteiger partial charge is 0.299 e. The molecule has 0 saturated carbocycles. The van der Waals surface area contributed by atoms with Gasteiger partial charge in [0.2, 0.25) is 0 Å². The summed E-state index contributed by atoms with van der Waals surface area (Å²) in [7, 11) is 0. The van der Waals surface area contributed by atoms with E-state index in [0.29, 0.717) is 0 Å². The summed E-state index contributed by atoms with van der Waals surface area (Å²) in [5.74, 6) is 0. The molecule has 1 aliphatic heterocycles. The molecule has 2 aliphatic rings. The third-order valence-electron chi connectivity index (χ3n) is 5.60. The second-order valence-electron chi connectivity index (χ2n) is 7.29. The summed E-state index contributed by atoms with van der Waals surface area (Å²) < 4.78 is 0. The number of rotatable bonds is 3. The molecule has 1 fully saturated rings. The predicted molar refractivity (Wildman–Crippen MR) is 101 cm³/mol. The van der Waals surface area contributed by atoms with Crippen molar-refractivity contribution in [2.75, 3.05) is 13.1 Å². The minimum atomic E-state index is 0.979. The lowest BCUT2D eigenvalue weighted by Gasteiger charge is -2.26. The molecule has 3 heteroatoms. The fourth-order valence-corrected chi connectivity index (χ4v) is 4.25. The van der Waals surface area contributed by atoms with Gasteiger partial charge in [-0.1, -0.05) is 55.0 Å². The van der Waals surface area contributed by atoms with Gasteiger partial charge in [-0.15, -0.1) is 0 Å². The second kappa shape index (κ2) is 6.16. The Morgan fingerprint density at radius 1 is 0.920 bits per heavy atom. The molecule has 0 spiro atoms. The third kappa shape index (κ3) is 2.69. The third-order valence-corrected chi connectivity index (χ3v) is 5.60. The molecule has 0 unspecified atom stereocenters. The van der Waals surface area contributed by atoms with E-state index < -0.39 is 0 Å². The first kappa shape index (κ1) is 14.9. The van der Waals surface area contributed by atoms with Gasteiger partial charge in [0.15, 0.2) is 0 Å². The van der Waals surface area contributed by atoms with Crippen LogP contribution in [-0.4, -0.2) is 28.2 Å². The van der Waals surface area contributed by atoms with Crippen LogP contribution in [0.25, 0.3) is 22.5 Å². The Morgan fingerprint density at radius 2 is 1.72 bits per heavy atom. The highest BCUT2D eigenvalue weighted by Gasteiger charge is 2.24. The topological polar surface area (TPSA) is 31.9 Å². The SMILES string of the molecule is c1ccc2c(c1)Cc1c(-c3ccc(CN4CCCCC4)cc3)n[nH]c1-2. The number of benzene rings is 2. The molecule has 0 bridgehead atoms. The molecule has 3 nitrogen and oxygen atoms in total. The van der Waals surface area contributed by atoms with Gasteiger partial charge >= 0.3 is 0 Å². The van der Waals surface area contributed by atoms with Crippen molar-refractivity contribution >= 4 is 0 Å². The van der Waals surface area contributed by atoms with Crippen LogP contribution in [0.3, 0.4) is 0 Å². The lowest BCUT2D eigenvalue weighted by molar-refractivity contribution is 0.221. The van der Waals surface area contributed by atoms with Crippen molar-refractivity contribution in [3.8, 4) is 22.5 Å². The molecule has 1 aliphatic carbocycles. The van der Waals surface area contributed by atoms with Crippen molar-refractivity contribution in [3.05, 3.63) is 65.2 Å². The van der Waals surface area contributed by atoms with Gasteiger partial charge in [-0.25, -0.2) is 0 Å². The van der Waals surface area contributed by atoms with Crippen LogP contribution in [-0.2, 0) is 13.0 Å². The van der Waals surface area contributed by atoms with Crippen molar-refractivity contribution in [1.82, 2.24) is 15.1 Å². The van der Waals surface area contributed by atoms with Crippen molar-refractivity contribution in [2.24, 2.45) is 0 Å². The van der Waals surface area contributed by atoms with Crippen LogP contribution in [0.1, 0.15) is 36.0 Å². The highest BCUT2D eigenvalue weighted by Crippen LogP contribution is 2.39. The number of nitrogens with zero attached hydrogens (tertiary/aromatic N) is 2. The maximum absolute atomic E-state index is 4.62. The number of aromatic nitrogens is 2. The normalized spacial score (nSPS) is 16.6. The zero-order valence-corrected chi connectivity index (χ0v) is 14.5. The Bertz CT molecular complexity index is 886. The summed E-state index contributed by atoms with van der Waals surface area (Å²) in [6.45, 7) is 3.56. The number of aromatic amines is 1. The minimum Gasteiger partial charge on any atom is -0.299 e. The summed E-state index contributed by atoms with van der Waals surface area (Å²) in [5.41, 5.74) is 8.96. The molecular weight excluding hydrogens is 306 g/mol. The monoisotopic (exact) mass is 329 g/mol. The fourth-order valence-electron chi connectivity index (χ4n) is 4.25. The van der Waals surface area contributed by atoms with Crippen LogP contribution in [0.5, 0.6) is 0 Å². The van der Waals surface area contributed by atoms with Crippen molar-refractivity contribution in [3.63, 3.8) is 0 Å². The average Bonchev–Trinajstić information content (AvgIpc) is 3.23. The molecule has 2 aromatic carbocycles. The summed E-state index contributed by atoms with van der Waals surface area (Å²) in [5, 5.41) is 7.88. The summed E-state index contributed by atoms with van der Waals surface area (Å²) >= 11 is 0. The van der Waals surface area contributed by atoms with Crippen LogP contribution in [0.15, 0.2) is 48.5 Å². The Kier molecular flexibility index (Phi) is 3.67. The highest BCUT2D eigenvalue weighted by molar-refractivity contribution is 5.80. The summed E-state index contributed by atoms with van der Waals surface area (Å²) in [4.78, 5) is 2.57. The fraction of sp³-hybridized carbons (Fsp3) is 0.318. The molecule has 1 N–H and O–H groups in total. The molecule has 25 heavy (non-hydrogen) atoms. The maximum Gasteiger partial charge on any atom is 0.0962 e. The molecule has 126 valence electrons. The Hall–Kier alpha value is -2.39. The zero-order chi connectivity index (χ0) is 16.6. The molecule has 1 aromatic heterocycles. The van der Waals surface area contributed by atoms with Gasteiger partial charge in [-0.05, 0) is 37.1 Å². The van der Waals surface area contributed by atoms with Crippen molar-refractivity contribution in [1.29, 1.82) is 0 Å². The van der Waals surface area contributed by atoms with Gasteiger partial charge in [-0.2, -0.15) is 5.10 Å². The van der Waals surface area contributed by atoms with E-state index in [1.54, 1.807) is 0 Å². The minimum absolute atomic E-state index is 0.979. The van der Waals surface area contributed by atoms with E-state index in [1.807, 2.05) is 0 Å². The van der Waals surface area contributed by atoms with E-state index in [2.05, 4.69) is 63.6 Å². The van der Waals surface area contributed by atoms with Gasteiger partial charge in [0.05, 0.1) is 11.4 Å². The predicted octanol–water partition coefficient (Wildman–Crippen LogP) is 4.63. The van der Waals surface area contributed by atoms with E-state index in [0.717, 1.165) is 18.7 Å². The van der Waals surface area contributed by atoms with Gasteiger partial charge < -0.3 is 0 Å². The Balaban J connectivity index is 1.39. The lowest BCUT2D eigenvalue weighted by Crippen LogP contribution is -2.28. The summed E-state index contributed by atoms with van der Waals surface area (Å²) in [6.07, 6.45) is 5.06. The first-order chi connectivity index (χ1) is 12.4. The lowest BCUT2D eigenvalue weighted by atomic mass is 10.0. The highest BCUT2D eigenvalue weighted by atomic mass is 15.1. The standard InChI is InChI=1S/C22H23N3/c1-4-12-25(13-5-1)15-16-8-10-17(11-9-16)21-20-14-18-6-2-3-7-19(18)22(20)24-23-21/h2-3,6-11H,1,4-5,12-15H2,(H,23,24). The van der Waals surface area contributed by atoms with Gasteiger partial charge in [-0.3, -0.25) is 10.00 Å². The quantitative estimate of drug-likeness (QED) is 0.594. The maximum atomic E-state index is 4.62. The molecule has 0 amide bonds. The van der Waals surface area contributed by atoms with Crippen molar-refractivity contribution < 1.29 is 0 Å². The van der Waals surface area contributed by atoms with Gasteiger partial charge in [0, 0.05) is 29.7 Å². The van der Waals surface area contributed by atoms with Crippen LogP contribution in [0.2, 0.25) is 0 Å². The molecular formula is C22H23N3. The van der Waals surface area contributed by atoms with Crippen LogP contribution in [0, 0.1) is 0 Å². The first-order valence-corrected chi connectivity index (χ1v) is 9.36. The molecule has 1 saturated heterocycles. The Labute approximate surface area is 148 Å². The number of hydrogen-bond donors (Lipinski definition) is 1. The number of fused-ring (bicyclic) bond motifs is 3. The van der Waals surface area contributed by atoms with E-state index in [1.165, 1.54) is 65.9 Å². The van der Waals surface area contributed by atoms with E-state index in [9.17, 15) is 0 Å². The summed E-state index contributed by atoms with van der Waals surface area (Å²) in [6, 6.07) is 17.6. The average molecular weight is 329 g/mol.